The van der Waals surface area contributed by atoms with Crippen molar-refractivity contribution in [2.75, 3.05) is 0 Å². The van der Waals surface area contributed by atoms with Crippen molar-refractivity contribution < 1.29 is 22.7 Å². The van der Waals surface area contributed by atoms with E-state index in [0.29, 0.717) is 10.8 Å². The Hall–Kier alpha value is -3.59. The van der Waals surface area contributed by atoms with Crippen LogP contribution in [-0.2, 0) is 19.3 Å². The normalized spacial score (nSPS) is 11.5. The van der Waals surface area contributed by atoms with E-state index in [0.717, 1.165) is 17.8 Å². The van der Waals surface area contributed by atoms with Gasteiger partial charge in [0.1, 0.15) is 12.4 Å². The lowest BCUT2D eigenvalue weighted by atomic mass is 10.2. The first kappa shape index (κ1) is 21.6. The molecule has 0 atom stereocenters. The molecule has 1 amide bonds. The van der Waals surface area contributed by atoms with Gasteiger partial charge in [-0.2, -0.15) is 13.2 Å². The van der Waals surface area contributed by atoms with Crippen LogP contribution >= 0.6 is 11.6 Å². The summed E-state index contributed by atoms with van der Waals surface area (Å²) in [7, 11) is 0. The quantitative estimate of drug-likeness (QED) is 0.444. The average molecular weight is 461 g/mol. The highest BCUT2D eigenvalue weighted by Crippen LogP contribution is 2.29. The van der Waals surface area contributed by atoms with Gasteiger partial charge in [-0.15, -0.1) is 10.2 Å². The molecular formula is C22H16ClF3N4O2. The number of carbonyl (C=O) groups is 1. The third-order valence-electron chi connectivity index (χ3n) is 4.65. The largest absolute Gasteiger partial charge is 0.488 e. The Balaban J connectivity index is 1.47. The molecule has 0 radical (unpaired) electrons. The van der Waals surface area contributed by atoms with Gasteiger partial charge in [0.25, 0.3) is 5.91 Å². The van der Waals surface area contributed by atoms with Crippen LogP contribution < -0.4 is 10.1 Å². The van der Waals surface area contributed by atoms with Crippen LogP contribution in [0.3, 0.4) is 0 Å². The summed E-state index contributed by atoms with van der Waals surface area (Å²) in [5, 5.41) is 11.0. The lowest BCUT2D eigenvalue weighted by Crippen LogP contribution is -2.24. The Kier molecular flexibility index (Phi) is 6.00. The van der Waals surface area contributed by atoms with Crippen LogP contribution in [0.2, 0.25) is 5.02 Å². The van der Waals surface area contributed by atoms with E-state index in [-0.39, 0.29) is 30.2 Å². The first-order valence-electron chi connectivity index (χ1n) is 9.46. The number of benzene rings is 2. The van der Waals surface area contributed by atoms with Crippen molar-refractivity contribution >= 4 is 23.2 Å². The molecule has 0 aliphatic rings. The van der Waals surface area contributed by atoms with Gasteiger partial charge >= 0.3 is 6.18 Å². The maximum Gasteiger partial charge on any atom is 0.417 e. The van der Waals surface area contributed by atoms with Crippen LogP contribution in [0.15, 0.2) is 66.9 Å². The number of para-hydroxylation sites is 1. The Labute approximate surface area is 185 Å². The number of nitrogens with zero attached hydrogens (tertiary/aromatic N) is 3. The van der Waals surface area contributed by atoms with Gasteiger partial charge in [-0.05, 0) is 42.0 Å². The molecule has 0 spiro atoms. The molecule has 0 aliphatic carbocycles. The SMILES string of the molecule is O=C(NCc1nnc2ccc(C(F)(F)F)cn12)c1ccccc1OCc1ccc(Cl)cc1. The number of fused-ring (bicyclic) bond motifs is 1. The molecule has 2 aromatic heterocycles. The molecule has 2 aromatic carbocycles. The zero-order valence-corrected chi connectivity index (χ0v) is 17.2. The van der Waals surface area contributed by atoms with E-state index in [1.165, 1.54) is 10.5 Å². The number of amides is 1. The summed E-state index contributed by atoms with van der Waals surface area (Å²) in [4.78, 5) is 12.7. The highest BCUT2D eigenvalue weighted by Gasteiger charge is 2.31. The second-order valence-electron chi connectivity index (χ2n) is 6.85. The van der Waals surface area contributed by atoms with E-state index in [1.54, 1.807) is 36.4 Å². The molecule has 6 nitrogen and oxygen atoms in total. The Morgan fingerprint density at radius 1 is 1.03 bits per heavy atom. The molecule has 0 saturated heterocycles. The number of rotatable bonds is 6. The lowest BCUT2D eigenvalue weighted by Gasteiger charge is -2.12. The Morgan fingerprint density at radius 3 is 2.53 bits per heavy atom. The summed E-state index contributed by atoms with van der Waals surface area (Å²) in [6.07, 6.45) is -3.60. The molecule has 0 bridgehead atoms. The van der Waals surface area contributed by atoms with Gasteiger partial charge in [0.15, 0.2) is 11.5 Å². The number of halogens is 4. The van der Waals surface area contributed by atoms with Crippen molar-refractivity contribution in [2.24, 2.45) is 0 Å². The third-order valence-corrected chi connectivity index (χ3v) is 4.90. The standard InChI is InChI=1S/C22H16ClF3N4O2/c23-16-8-5-14(6-9-16)13-32-18-4-2-1-3-17(18)21(31)27-11-20-29-28-19-10-7-15(12-30(19)20)22(24,25)26/h1-10,12H,11,13H2,(H,27,31). The number of pyridine rings is 1. The van der Waals surface area contributed by atoms with Crippen molar-refractivity contribution in [2.45, 2.75) is 19.3 Å². The van der Waals surface area contributed by atoms with Crippen LogP contribution in [-0.4, -0.2) is 20.5 Å². The van der Waals surface area contributed by atoms with E-state index < -0.39 is 17.6 Å². The minimum absolute atomic E-state index is 0.118. The monoisotopic (exact) mass is 460 g/mol. The van der Waals surface area contributed by atoms with Gasteiger partial charge in [-0.25, -0.2) is 0 Å². The maximum absolute atomic E-state index is 13.0. The number of nitrogens with one attached hydrogen (secondary N) is 1. The van der Waals surface area contributed by atoms with Gasteiger partial charge in [0.05, 0.1) is 17.7 Å². The maximum atomic E-state index is 13.0. The van der Waals surface area contributed by atoms with Crippen LogP contribution in [0.25, 0.3) is 5.65 Å². The number of hydrogen-bond acceptors (Lipinski definition) is 4. The fraction of sp³-hybridized carbons (Fsp3) is 0.136. The highest BCUT2D eigenvalue weighted by atomic mass is 35.5. The Morgan fingerprint density at radius 2 is 1.78 bits per heavy atom. The molecule has 4 rings (SSSR count). The summed E-state index contributed by atoms with van der Waals surface area (Å²) >= 11 is 5.88. The molecule has 32 heavy (non-hydrogen) atoms. The summed E-state index contributed by atoms with van der Waals surface area (Å²) in [5.41, 5.74) is 0.568. The average Bonchev–Trinajstić information content (AvgIpc) is 3.19. The van der Waals surface area contributed by atoms with Crippen molar-refractivity contribution in [1.82, 2.24) is 19.9 Å². The zero-order valence-electron chi connectivity index (χ0n) is 16.4. The van der Waals surface area contributed by atoms with Gasteiger partial charge in [-0.3, -0.25) is 9.20 Å². The van der Waals surface area contributed by atoms with E-state index in [9.17, 15) is 18.0 Å². The summed E-state index contributed by atoms with van der Waals surface area (Å²) in [6.45, 7) is 0.114. The Bertz CT molecular complexity index is 1260. The predicted molar refractivity (Wildman–Crippen MR) is 111 cm³/mol. The number of hydrogen-bond donors (Lipinski definition) is 1. The molecule has 0 aliphatic heterocycles. The number of aromatic nitrogens is 3. The van der Waals surface area contributed by atoms with E-state index in [2.05, 4.69) is 15.5 Å². The molecule has 4 aromatic rings. The molecule has 1 N–H and O–H groups in total. The first-order valence-corrected chi connectivity index (χ1v) is 9.84. The van der Waals surface area contributed by atoms with Crippen molar-refractivity contribution in [3.63, 3.8) is 0 Å². The number of carbonyl (C=O) groups excluding carboxylic acids is 1. The van der Waals surface area contributed by atoms with E-state index >= 15 is 0 Å². The van der Waals surface area contributed by atoms with E-state index in [1.807, 2.05) is 12.1 Å². The first-order chi connectivity index (χ1) is 15.3. The van der Waals surface area contributed by atoms with E-state index in [4.69, 9.17) is 16.3 Å². The van der Waals surface area contributed by atoms with Crippen molar-refractivity contribution in [3.05, 3.63) is 94.4 Å². The smallest absolute Gasteiger partial charge is 0.417 e. The fourth-order valence-corrected chi connectivity index (χ4v) is 3.13. The summed E-state index contributed by atoms with van der Waals surface area (Å²) in [5.74, 6) is 0.0739. The van der Waals surface area contributed by atoms with Crippen LogP contribution in [0, 0.1) is 0 Å². The zero-order chi connectivity index (χ0) is 22.7. The molecular weight excluding hydrogens is 445 g/mol. The lowest BCUT2D eigenvalue weighted by molar-refractivity contribution is -0.137. The molecule has 0 unspecified atom stereocenters. The predicted octanol–water partition coefficient (Wildman–Crippen LogP) is 4.91. The molecule has 164 valence electrons. The van der Waals surface area contributed by atoms with Gasteiger partial charge in [-0.1, -0.05) is 35.9 Å². The molecule has 0 saturated carbocycles. The second-order valence-corrected chi connectivity index (χ2v) is 7.29. The molecule has 2 heterocycles. The molecule has 0 fully saturated rings. The minimum atomic E-state index is -4.50. The summed E-state index contributed by atoms with van der Waals surface area (Å²) in [6, 6.07) is 15.9. The van der Waals surface area contributed by atoms with Crippen molar-refractivity contribution in [3.8, 4) is 5.75 Å². The third kappa shape index (κ3) is 4.83. The van der Waals surface area contributed by atoms with Crippen LogP contribution in [0.5, 0.6) is 5.75 Å². The number of alkyl halides is 3. The van der Waals surface area contributed by atoms with Crippen LogP contribution in [0.1, 0.15) is 27.3 Å². The topological polar surface area (TPSA) is 68.5 Å². The summed E-state index contributed by atoms with van der Waals surface area (Å²) < 4.78 is 46.0. The second kappa shape index (κ2) is 8.88. The van der Waals surface area contributed by atoms with Crippen molar-refractivity contribution in [1.29, 1.82) is 0 Å². The highest BCUT2D eigenvalue weighted by molar-refractivity contribution is 6.30. The van der Waals surface area contributed by atoms with Gasteiger partial charge in [0, 0.05) is 11.2 Å². The molecule has 10 heteroatoms. The van der Waals surface area contributed by atoms with Crippen LogP contribution in [0.4, 0.5) is 13.2 Å². The number of ether oxygens (including phenoxy) is 1. The van der Waals surface area contributed by atoms with Gasteiger partial charge in [0.2, 0.25) is 0 Å². The van der Waals surface area contributed by atoms with Gasteiger partial charge < -0.3 is 10.1 Å². The fourth-order valence-electron chi connectivity index (χ4n) is 3.00. The minimum Gasteiger partial charge on any atom is -0.488 e.